The van der Waals surface area contributed by atoms with Crippen LogP contribution in [-0.2, 0) is 6.54 Å². The van der Waals surface area contributed by atoms with Crippen LogP contribution in [-0.4, -0.2) is 38.9 Å². The maximum atomic E-state index is 13.1. The van der Waals surface area contributed by atoms with Gasteiger partial charge in [-0.3, -0.25) is 0 Å². The number of benzene rings is 2. The van der Waals surface area contributed by atoms with E-state index in [2.05, 4.69) is 20.4 Å². The second-order valence-corrected chi connectivity index (χ2v) is 6.95. The molecule has 0 aliphatic heterocycles. The Kier molecular flexibility index (Phi) is 5.48. The lowest BCUT2D eigenvalue weighted by atomic mass is 10.2. The zero-order valence-electron chi connectivity index (χ0n) is 15.9. The first-order chi connectivity index (χ1) is 14.2. The molecule has 4 aromatic rings. The van der Waals surface area contributed by atoms with Gasteiger partial charge in [0.2, 0.25) is 5.82 Å². The smallest absolute Gasteiger partial charge is 0.204 e. The minimum absolute atomic E-state index is 0.304. The molecule has 0 saturated carbocycles. The first-order valence-electron chi connectivity index (χ1n) is 8.95. The number of aromatic nitrogens is 5. The third kappa shape index (κ3) is 4.24. The molecule has 0 atom stereocenters. The Morgan fingerprint density at radius 3 is 2.62 bits per heavy atom. The fourth-order valence-corrected chi connectivity index (χ4v) is 3.57. The molecule has 2 aromatic heterocycles. The van der Waals surface area contributed by atoms with E-state index in [1.165, 1.54) is 28.3 Å². The average molecular weight is 411 g/mol. The Balaban J connectivity index is 1.51. The lowest BCUT2D eigenvalue weighted by molar-refractivity contribution is 0.311. The summed E-state index contributed by atoms with van der Waals surface area (Å²) in [6.07, 6.45) is 0. The van der Waals surface area contributed by atoms with Crippen molar-refractivity contribution in [2.45, 2.75) is 13.5 Å². The molecule has 148 valence electrons. The molecule has 0 radical (unpaired) electrons. The second-order valence-electron chi connectivity index (χ2n) is 6.09. The quantitative estimate of drug-likeness (QED) is 0.457. The van der Waals surface area contributed by atoms with Crippen LogP contribution in [0, 0.1) is 5.82 Å². The van der Waals surface area contributed by atoms with Gasteiger partial charge in [0, 0.05) is 16.5 Å². The summed E-state index contributed by atoms with van der Waals surface area (Å²) in [4.78, 5) is 6.13. The van der Waals surface area contributed by atoms with Crippen molar-refractivity contribution in [2.24, 2.45) is 0 Å². The summed E-state index contributed by atoms with van der Waals surface area (Å²) in [6.45, 7) is 2.89. The number of rotatable bonds is 7. The largest absolute Gasteiger partial charge is 0.493 e. The average Bonchev–Trinajstić information content (AvgIpc) is 3.39. The molecule has 29 heavy (non-hydrogen) atoms. The normalized spacial score (nSPS) is 10.9. The molecule has 0 aliphatic rings. The van der Waals surface area contributed by atoms with E-state index in [1.54, 1.807) is 19.2 Å². The fraction of sp³-hybridized carbons (Fsp3) is 0.200. The third-order valence-electron chi connectivity index (χ3n) is 4.12. The van der Waals surface area contributed by atoms with E-state index in [4.69, 9.17) is 9.47 Å². The predicted octanol–water partition coefficient (Wildman–Crippen LogP) is 4.06. The van der Waals surface area contributed by atoms with E-state index in [9.17, 15) is 4.39 Å². The van der Waals surface area contributed by atoms with Gasteiger partial charge in [-0.05, 0) is 54.6 Å². The number of ether oxygens (including phenoxy) is 2. The number of hydrogen-bond donors (Lipinski definition) is 0. The Labute approximate surface area is 170 Å². The summed E-state index contributed by atoms with van der Waals surface area (Å²) >= 11 is 1.53. The van der Waals surface area contributed by atoms with Crippen molar-refractivity contribution < 1.29 is 13.9 Å². The number of methoxy groups -OCH3 is 1. The highest BCUT2D eigenvalue weighted by molar-refractivity contribution is 7.13. The van der Waals surface area contributed by atoms with Crippen molar-refractivity contribution >= 4 is 11.3 Å². The molecule has 7 nitrogen and oxygen atoms in total. The zero-order chi connectivity index (χ0) is 20.2. The van der Waals surface area contributed by atoms with Crippen molar-refractivity contribution in [1.29, 1.82) is 0 Å². The van der Waals surface area contributed by atoms with Crippen LogP contribution in [0.1, 0.15) is 12.6 Å². The van der Waals surface area contributed by atoms with Crippen molar-refractivity contribution in [3.05, 3.63) is 59.4 Å². The molecular weight excluding hydrogens is 393 g/mol. The highest BCUT2D eigenvalue weighted by Gasteiger charge is 2.12. The van der Waals surface area contributed by atoms with Crippen molar-refractivity contribution in [2.75, 3.05) is 13.7 Å². The molecule has 0 bridgehead atoms. The van der Waals surface area contributed by atoms with Gasteiger partial charge in [0.05, 0.1) is 19.4 Å². The molecule has 2 aromatic carbocycles. The lowest BCUT2D eigenvalue weighted by Crippen LogP contribution is -2.04. The Morgan fingerprint density at radius 1 is 1.07 bits per heavy atom. The fourth-order valence-electron chi connectivity index (χ4n) is 2.76. The van der Waals surface area contributed by atoms with Crippen molar-refractivity contribution in [3.63, 3.8) is 0 Å². The van der Waals surface area contributed by atoms with Gasteiger partial charge < -0.3 is 9.47 Å². The number of halogens is 1. The molecule has 0 saturated heterocycles. The van der Waals surface area contributed by atoms with Crippen LogP contribution in [0.5, 0.6) is 11.5 Å². The standard InChI is InChI=1S/C20H18FN5O2S/c1-3-28-17-9-6-14(10-18(17)27-2)20-22-16(12-29-20)11-26-24-19(23-25-26)13-4-7-15(21)8-5-13/h4-10,12H,3,11H2,1-2H3. The summed E-state index contributed by atoms with van der Waals surface area (Å²) < 4.78 is 24.0. The summed E-state index contributed by atoms with van der Waals surface area (Å²) in [5, 5.41) is 15.3. The molecular formula is C20H18FN5O2S. The van der Waals surface area contributed by atoms with E-state index in [0.717, 1.165) is 16.3 Å². The number of tetrazole rings is 1. The first-order valence-corrected chi connectivity index (χ1v) is 9.83. The minimum Gasteiger partial charge on any atom is -0.493 e. The van der Waals surface area contributed by atoms with Gasteiger partial charge in [0.25, 0.3) is 0 Å². The number of thiazole rings is 1. The lowest BCUT2D eigenvalue weighted by Gasteiger charge is -2.09. The molecule has 0 spiro atoms. The molecule has 9 heteroatoms. The molecule has 0 aliphatic carbocycles. The Morgan fingerprint density at radius 2 is 1.86 bits per heavy atom. The molecule has 0 amide bonds. The first kappa shape index (κ1) is 19.0. The van der Waals surface area contributed by atoms with E-state index in [0.29, 0.717) is 36.0 Å². The SMILES string of the molecule is CCOc1ccc(-c2nc(Cn3nnc(-c4ccc(F)cc4)n3)cs2)cc1OC. The molecule has 0 fully saturated rings. The number of nitrogens with zero attached hydrogens (tertiary/aromatic N) is 5. The van der Waals surface area contributed by atoms with Crippen LogP contribution < -0.4 is 9.47 Å². The van der Waals surface area contributed by atoms with Crippen LogP contribution in [0.25, 0.3) is 22.0 Å². The van der Waals surface area contributed by atoms with Crippen LogP contribution in [0.2, 0.25) is 0 Å². The molecule has 0 unspecified atom stereocenters. The summed E-state index contributed by atoms with van der Waals surface area (Å²) in [6, 6.07) is 11.7. The maximum absolute atomic E-state index is 13.1. The summed E-state index contributed by atoms with van der Waals surface area (Å²) in [7, 11) is 1.62. The second kappa shape index (κ2) is 8.36. The Hall–Kier alpha value is -3.33. The highest BCUT2D eigenvalue weighted by Crippen LogP contribution is 2.33. The van der Waals surface area contributed by atoms with E-state index >= 15 is 0 Å². The van der Waals surface area contributed by atoms with Crippen LogP contribution in [0.15, 0.2) is 47.8 Å². The van der Waals surface area contributed by atoms with Crippen LogP contribution in [0.4, 0.5) is 4.39 Å². The zero-order valence-corrected chi connectivity index (χ0v) is 16.7. The topological polar surface area (TPSA) is 75.0 Å². The highest BCUT2D eigenvalue weighted by atomic mass is 32.1. The van der Waals surface area contributed by atoms with Gasteiger partial charge in [-0.25, -0.2) is 9.37 Å². The van der Waals surface area contributed by atoms with Gasteiger partial charge in [-0.2, -0.15) is 4.80 Å². The summed E-state index contributed by atoms with van der Waals surface area (Å²) in [5.41, 5.74) is 2.47. The maximum Gasteiger partial charge on any atom is 0.204 e. The van der Waals surface area contributed by atoms with Gasteiger partial charge in [-0.1, -0.05) is 0 Å². The molecule has 4 rings (SSSR count). The number of hydrogen-bond acceptors (Lipinski definition) is 7. The molecule has 2 heterocycles. The molecule has 0 N–H and O–H groups in total. The van der Waals surface area contributed by atoms with Crippen molar-refractivity contribution in [1.82, 2.24) is 25.2 Å². The van der Waals surface area contributed by atoms with Gasteiger partial charge in [0.1, 0.15) is 17.4 Å². The van der Waals surface area contributed by atoms with E-state index in [1.807, 2.05) is 30.5 Å². The van der Waals surface area contributed by atoms with E-state index in [-0.39, 0.29) is 5.82 Å². The minimum atomic E-state index is -0.304. The van der Waals surface area contributed by atoms with Crippen LogP contribution >= 0.6 is 11.3 Å². The Bertz CT molecular complexity index is 1110. The van der Waals surface area contributed by atoms with Gasteiger partial charge >= 0.3 is 0 Å². The van der Waals surface area contributed by atoms with Crippen molar-refractivity contribution in [3.8, 4) is 33.5 Å². The predicted molar refractivity (Wildman–Crippen MR) is 108 cm³/mol. The van der Waals surface area contributed by atoms with Crippen LogP contribution in [0.3, 0.4) is 0 Å². The monoisotopic (exact) mass is 411 g/mol. The van der Waals surface area contributed by atoms with E-state index < -0.39 is 0 Å². The van der Waals surface area contributed by atoms with Gasteiger partial charge in [-0.15, -0.1) is 21.5 Å². The summed E-state index contributed by atoms with van der Waals surface area (Å²) in [5.74, 6) is 1.51. The third-order valence-corrected chi connectivity index (χ3v) is 5.06. The van der Waals surface area contributed by atoms with Gasteiger partial charge in [0.15, 0.2) is 11.5 Å².